The Morgan fingerprint density at radius 3 is 2.59 bits per heavy atom. The van der Waals surface area contributed by atoms with E-state index in [2.05, 4.69) is 18.0 Å². The number of ether oxygens (including phenoxy) is 1. The van der Waals surface area contributed by atoms with E-state index in [1.165, 1.54) is 16.2 Å². The van der Waals surface area contributed by atoms with E-state index in [9.17, 15) is 14.7 Å². The van der Waals surface area contributed by atoms with Crippen molar-refractivity contribution in [3.63, 3.8) is 0 Å². The Balaban J connectivity index is 1.73. The molecule has 1 amide bonds. The Kier molecular flexibility index (Phi) is 5.63. The van der Waals surface area contributed by atoms with E-state index in [-0.39, 0.29) is 11.3 Å². The van der Waals surface area contributed by atoms with Crippen LogP contribution in [-0.4, -0.2) is 28.9 Å². The van der Waals surface area contributed by atoms with Crippen LogP contribution in [0.5, 0.6) is 5.75 Å². The number of aliphatic hydroxyl groups is 1. The van der Waals surface area contributed by atoms with Crippen molar-refractivity contribution in [2.24, 2.45) is 0 Å². The van der Waals surface area contributed by atoms with Gasteiger partial charge in [-0.1, -0.05) is 66.8 Å². The predicted molar refractivity (Wildman–Crippen MR) is 133 cm³/mol. The van der Waals surface area contributed by atoms with E-state index >= 15 is 0 Å². The van der Waals surface area contributed by atoms with Crippen molar-refractivity contribution in [2.75, 3.05) is 12.0 Å². The van der Waals surface area contributed by atoms with Crippen LogP contribution < -0.4 is 9.64 Å². The van der Waals surface area contributed by atoms with Gasteiger partial charge in [0, 0.05) is 5.56 Å². The summed E-state index contributed by atoms with van der Waals surface area (Å²) in [5.74, 6) is -1.11. The SMILES string of the molecule is CCc1ccc2nc(N3C(=O)C(=O)/C(=C(/O)c4ccccc4)[C@H]3c3cccc(OC)c3)sc2c1. The molecule has 0 bridgehead atoms. The van der Waals surface area contributed by atoms with Crippen LogP contribution in [0, 0.1) is 0 Å². The number of hydrogen-bond acceptors (Lipinski definition) is 6. The van der Waals surface area contributed by atoms with Gasteiger partial charge in [-0.2, -0.15) is 0 Å². The lowest BCUT2D eigenvalue weighted by molar-refractivity contribution is -0.132. The molecule has 1 aliphatic rings. The second-order valence-corrected chi connectivity index (χ2v) is 8.97. The molecular weight excluding hydrogens is 448 g/mol. The molecule has 6 nitrogen and oxygen atoms in total. The van der Waals surface area contributed by atoms with Crippen LogP contribution in [0.25, 0.3) is 16.0 Å². The fourth-order valence-electron chi connectivity index (χ4n) is 4.19. The van der Waals surface area contributed by atoms with Crippen LogP contribution in [0.1, 0.15) is 29.7 Å². The minimum absolute atomic E-state index is 0.0259. The van der Waals surface area contributed by atoms with Gasteiger partial charge in [-0.15, -0.1) is 0 Å². The summed E-state index contributed by atoms with van der Waals surface area (Å²) < 4.78 is 6.32. The van der Waals surface area contributed by atoms with Gasteiger partial charge in [0.25, 0.3) is 5.78 Å². The van der Waals surface area contributed by atoms with Crippen molar-refractivity contribution < 1.29 is 19.4 Å². The maximum absolute atomic E-state index is 13.4. The van der Waals surface area contributed by atoms with Crippen LogP contribution in [0.2, 0.25) is 0 Å². The number of amides is 1. The topological polar surface area (TPSA) is 79.7 Å². The van der Waals surface area contributed by atoms with Gasteiger partial charge in [0.1, 0.15) is 11.5 Å². The lowest BCUT2D eigenvalue weighted by Crippen LogP contribution is -2.29. The molecule has 1 aromatic heterocycles. The van der Waals surface area contributed by atoms with Crippen LogP contribution in [0.3, 0.4) is 0 Å². The average molecular weight is 471 g/mol. The van der Waals surface area contributed by atoms with E-state index in [1.54, 1.807) is 49.6 Å². The van der Waals surface area contributed by atoms with Crippen molar-refractivity contribution in [3.8, 4) is 5.75 Å². The number of benzene rings is 3. The molecule has 3 aromatic carbocycles. The Morgan fingerprint density at radius 1 is 1.06 bits per heavy atom. The Labute approximate surface area is 200 Å². The largest absolute Gasteiger partial charge is 0.507 e. The van der Waals surface area contributed by atoms with Gasteiger partial charge in [-0.05, 0) is 41.8 Å². The number of thiazole rings is 1. The summed E-state index contributed by atoms with van der Waals surface area (Å²) in [5, 5.41) is 11.6. The fraction of sp³-hybridized carbons (Fsp3) is 0.148. The number of nitrogens with zero attached hydrogens (tertiary/aromatic N) is 2. The molecule has 34 heavy (non-hydrogen) atoms. The zero-order valence-corrected chi connectivity index (χ0v) is 19.5. The minimum atomic E-state index is -0.846. The molecule has 1 fully saturated rings. The van der Waals surface area contributed by atoms with Gasteiger partial charge in [0.2, 0.25) is 0 Å². The molecule has 170 valence electrons. The van der Waals surface area contributed by atoms with Crippen LogP contribution >= 0.6 is 11.3 Å². The number of methoxy groups -OCH3 is 1. The number of ketones is 1. The Hall–Kier alpha value is -3.97. The number of carbonyl (C=O) groups is 2. The molecule has 4 aromatic rings. The van der Waals surface area contributed by atoms with E-state index < -0.39 is 17.7 Å². The number of aryl methyl sites for hydroxylation is 1. The second kappa shape index (κ2) is 8.76. The number of aromatic nitrogens is 1. The number of anilines is 1. The van der Waals surface area contributed by atoms with Gasteiger partial charge in [-0.25, -0.2) is 4.98 Å². The van der Waals surface area contributed by atoms with E-state index in [0.29, 0.717) is 22.0 Å². The van der Waals surface area contributed by atoms with Crippen molar-refractivity contribution in [3.05, 3.63) is 95.1 Å². The van der Waals surface area contributed by atoms with Gasteiger partial charge in [0.15, 0.2) is 5.13 Å². The van der Waals surface area contributed by atoms with E-state index in [4.69, 9.17) is 4.74 Å². The van der Waals surface area contributed by atoms with Crippen molar-refractivity contribution in [1.29, 1.82) is 0 Å². The molecule has 1 saturated heterocycles. The highest BCUT2D eigenvalue weighted by Gasteiger charge is 2.48. The van der Waals surface area contributed by atoms with Gasteiger partial charge < -0.3 is 9.84 Å². The lowest BCUT2D eigenvalue weighted by atomic mass is 9.95. The van der Waals surface area contributed by atoms with E-state index in [0.717, 1.165) is 22.2 Å². The smallest absolute Gasteiger partial charge is 0.301 e. The maximum Gasteiger partial charge on any atom is 0.301 e. The molecule has 0 unspecified atom stereocenters. The van der Waals surface area contributed by atoms with Crippen molar-refractivity contribution in [1.82, 2.24) is 4.98 Å². The second-order valence-electron chi connectivity index (χ2n) is 7.96. The number of Topliss-reactive ketones (excluding diaryl/α,β-unsaturated/α-hetero) is 1. The third kappa shape index (κ3) is 3.64. The third-order valence-electron chi connectivity index (χ3n) is 5.96. The number of carbonyl (C=O) groups excluding carboxylic acids is 2. The summed E-state index contributed by atoms with van der Waals surface area (Å²) in [6, 6.07) is 21.1. The normalized spacial score (nSPS) is 17.5. The van der Waals surface area contributed by atoms with Crippen molar-refractivity contribution in [2.45, 2.75) is 19.4 Å². The number of fused-ring (bicyclic) bond motifs is 1. The predicted octanol–water partition coefficient (Wildman–Crippen LogP) is 5.49. The Bertz CT molecular complexity index is 1440. The maximum atomic E-state index is 13.4. The number of aliphatic hydroxyl groups excluding tert-OH is 1. The molecule has 0 aliphatic carbocycles. The molecular formula is C27H22N2O4S. The molecule has 1 N–H and O–H groups in total. The molecule has 2 heterocycles. The van der Waals surface area contributed by atoms with Crippen LogP contribution in [0.4, 0.5) is 5.13 Å². The summed E-state index contributed by atoms with van der Waals surface area (Å²) in [5.41, 5.74) is 3.05. The average Bonchev–Trinajstić information content (AvgIpc) is 3.41. The molecule has 1 aliphatic heterocycles. The molecule has 7 heteroatoms. The third-order valence-corrected chi connectivity index (χ3v) is 6.97. The van der Waals surface area contributed by atoms with E-state index in [1.807, 2.05) is 24.3 Å². The minimum Gasteiger partial charge on any atom is -0.507 e. The van der Waals surface area contributed by atoms with Gasteiger partial charge in [-0.3, -0.25) is 14.5 Å². The summed E-state index contributed by atoms with van der Waals surface area (Å²) >= 11 is 1.35. The summed E-state index contributed by atoms with van der Waals surface area (Å²) in [7, 11) is 1.55. The molecule has 0 saturated carbocycles. The summed E-state index contributed by atoms with van der Waals surface area (Å²) in [6.45, 7) is 2.08. The van der Waals surface area contributed by atoms with Crippen LogP contribution in [0.15, 0.2) is 78.4 Å². The number of rotatable bonds is 5. The van der Waals surface area contributed by atoms with Gasteiger partial charge >= 0.3 is 5.91 Å². The zero-order valence-electron chi connectivity index (χ0n) is 18.7. The highest BCUT2D eigenvalue weighted by atomic mass is 32.1. The van der Waals surface area contributed by atoms with Gasteiger partial charge in [0.05, 0.1) is 28.9 Å². The highest BCUT2D eigenvalue weighted by Crippen LogP contribution is 2.44. The molecule has 0 radical (unpaired) electrons. The summed E-state index contributed by atoms with van der Waals surface area (Å²) in [6.07, 6.45) is 0.884. The monoisotopic (exact) mass is 470 g/mol. The van der Waals surface area contributed by atoms with Crippen molar-refractivity contribution >= 4 is 44.1 Å². The molecule has 5 rings (SSSR count). The first-order valence-electron chi connectivity index (χ1n) is 10.9. The highest BCUT2D eigenvalue weighted by molar-refractivity contribution is 7.22. The zero-order chi connectivity index (χ0) is 23.8. The lowest BCUT2D eigenvalue weighted by Gasteiger charge is -2.23. The first-order valence-corrected chi connectivity index (χ1v) is 11.7. The van der Waals surface area contributed by atoms with Crippen LogP contribution in [-0.2, 0) is 16.0 Å². The number of hydrogen-bond donors (Lipinski definition) is 1. The molecule has 0 spiro atoms. The molecule has 1 atom stereocenters. The first kappa shape index (κ1) is 21.9. The Morgan fingerprint density at radius 2 is 1.85 bits per heavy atom. The fourth-order valence-corrected chi connectivity index (χ4v) is 5.24. The first-order chi connectivity index (χ1) is 16.5. The quantitative estimate of drug-likeness (QED) is 0.237. The summed E-state index contributed by atoms with van der Waals surface area (Å²) in [4.78, 5) is 32.7. The standard InChI is InChI=1S/C27H22N2O4S/c1-3-16-12-13-20-21(14-16)34-27(28-20)29-23(18-10-7-11-19(15-18)33-2)22(25(31)26(29)32)24(30)17-8-5-4-6-9-17/h4-15,23,30H,3H2,1-2H3/b24-22+/t23-/m1/s1.